The lowest BCUT2D eigenvalue weighted by atomic mass is 10.3. The van der Waals surface area contributed by atoms with Crippen molar-refractivity contribution in [2.45, 2.75) is 43.1 Å². The molecule has 1 aliphatic heterocycles. The average molecular weight is 303 g/mol. The summed E-state index contributed by atoms with van der Waals surface area (Å²) < 4.78 is 6.42. The topological polar surface area (TPSA) is 35.0 Å². The van der Waals surface area contributed by atoms with Crippen molar-refractivity contribution in [1.82, 2.24) is 9.97 Å². The van der Waals surface area contributed by atoms with Gasteiger partial charge in [0.15, 0.2) is 0 Å². The molecule has 5 heteroatoms. The largest absolute Gasteiger partial charge is 0.377 e. The smallest absolute Gasteiger partial charge is 0.130 e. The van der Waals surface area contributed by atoms with Gasteiger partial charge in [-0.05, 0) is 29.3 Å². The molecule has 1 fully saturated rings. The SMILES string of the molecule is CCc1nc(Br)cc(SC2CCOC2C)n1. The summed E-state index contributed by atoms with van der Waals surface area (Å²) in [6.45, 7) is 5.06. The maximum absolute atomic E-state index is 5.55. The molecule has 16 heavy (non-hydrogen) atoms. The highest BCUT2D eigenvalue weighted by molar-refractivity contribution is 9.10. The lowest BCUT2D eigenvalue weighted by Gasteiger charge is -2.13. The van der Waals surface area contributed by atoms with Crippen LogP contribution in [-0.2, 0) is 11.2 Å². The average Bonchev–Trinajstić information content (AvgIpc) is 2.63. The Labute approximate surface area is 109 Å². The second kappa shape index (κ2) is 5.47. The van der Waals surface area contributed by atoms with Crippen molar-refractivity contribution < 1.29 is 4.74 Å². The summed E-state index contributed by atoms with van der Waals surface area (Å²) >= 11 is 5.22. The van der Waals surface area contributed by atoms with Gasteiger partial charge in [-0.25, -0.2) is 9.97 Å². The van der Waals surface area contributed by atoms with Gasteiger partial charge in [-0.15, -0.1) is 11.8 Å². The quantitative estimate of drug-likeness (QED) is 0.804. The highest BCUT2D eigenvalue weighted by Gasteiger charge is 2.25. The van der Waals surface area contributed by atoms with Crippen LogP contribution in [0.4, 0.5) is 0 Å². The van der Waals surface area contributed by atoms with E-state index in [0.717, 1.165) is 34.9 Å². The minimum Gasteiger partial charge on any atom is -0.377 e. The fraction of sp³-hybridized carbons (Fsp3) is 0.636. The molecule has 0 aliphatic carbocycles. The van der Waals surface area contributed by atoms with Gasteiger partial charge in [0.1, 0.15) is 15.5 Å². The number of thioether (sulfide) groups is 1. The number of ether oxygens (including phenoxy) is 1. The lowest BCUT2D eigenvalue weighted by Crippen LogP contribution is -2.13. The number of rotatable bonds is 3. The van der Waals surface area contributed by atoms with Gasteiger partial charge in [0, 0.05) is 24.3 Å². The number of halogens is 1. The molecule has 1 aromatic heterocycles. The van der Waals surface area contributed by atoms with Gasteiger partial charge in [-0.3, -0.25) is 0 Å². The molecule has 1 aromatic rings. The third-order valence-corrected chi connectivity index (χ3v) is 4.39. The van der Waals surface area contributed by atoms with E-state index in [1.54, 1.807) is 11.8 Å². The molecular formula is C11H15BrN2OS. The molecule has 0 N–H and O–H groups in total. The van der Waals surface area contributed by atoms with Crippen LogP contribution >= 0.6 is 27.7 Å². The van der Waals surface area contributed by atoms with Gasteiger partial charge >= 0.3 is 0 Å². The van der Waals surface area contributed by atoms with Crippen LogP contribution in [0.5, 0.6) is 0 Å². The number of hydrogen-bond donors (Lipinski definition) is 0. The predicted molar refractivity (Wildman–Crippen MR) is 68.8 cm³/mol. The standard InChI is InChI=1S/C11H15BrN2OS/c1-3-10-13-9(12)6-11(14-10)16-8-4-5-15-7(8)2/h6-8H,3-5H2,1-2H3. The van der Waals surface area contributed by atoms with Crippen molar-refractivity contribution in [2.24, 2.45) is 0 Å². The second-order valence-electron chi connectivity index (χ2n) is 3.82. The molecule has 2 unspecified atom stereocenters. The highest BCUT2D eigenvalue weighted by atomic mass is 79.9. The normalized spacial score (nSPS) is 24.9. The van der Waals surface area contributed by atoms with Crippen LogP contribution in [0.25, 0.3) is 0 Å². The molecule has 0 aromatic carbocycles. The zero-order valence-electron chi connectivity index (χ0n) is 9.44. The van der Waals surface area contributed by atoms with E-state index < -0.39 is 0 Å². The van der Waals surface area contributed by atoms with Crippen LogP contribution in [-0.4, -0.2) is 27.9 Å². The highest BCUT2D eigenvalue weighted by Crippen LogP contribution is 2.32. The molecule has 2 rings (SSSR count). The van der Waals surface area contributed by atoms with E-state index in [-0.39, 0.29) is 0 Å². The van der Waals surface area contributed by atoms with Crippen molar-refractivity contribution in [3.8, 4) is 0 Å². The molecule has 3 nitrogen and oxygen atoms in total. The lowest BCUT2D eigenvalue weighted by molar-refractivity contribution is 0.127. The molecule has 0 amide bonds. The minimum absolute atomic E-state index is 0.323. The Hall–Kier alpha value is -0.130. The maximum Gasteiger partial charge on any atom is 0.130 e. The van der Waals surface area contributed by atoms with Crippen LogP contribution in [0.2, 0.25) is 0 Å². The summed E-state index contributed by atoms with van der Waals surface area (Å²) in [5.74, 6) is 0.892. The summed E-state index contributed by atoms with van der Waals surface area (Å²) in [6.07, 6.45) is 2.29. The molecule has 0 saturated carbocycles. The summed E-state index contributed by atoms with van der Waals surface area (Å²) in [5.41, 5.74) is 0. The van der Waals surface area contributed by atoms with Gasteiger partial charge in [0.25, 0.3) is 0 Å². The van der Waals surface area contributed by atoms with Gasteiger partial charge in [0.2, 0.25) is 0 Å². The van der Waals surface area contributed by atoms with Crippen molar-refractivity contribution in [2.75, 3.05) is 6.61 Å². The number of aryl methyl sites for hydroxylation is 1. The predicted octanol–water partition coefficient (Wildman–Crippen LogP) is 3.07. The summed E-state index contributed by atoms with van der Waals surface area (Å²) in [5, 5.41) is 1.56. The van der Waals surface area contributed by atoms with Crippen LogP contribution < -0.4 is 0 Å². The Kier molecular flexibility index (Phi) is 4.21. The summed E-state index contributed by atoms with van der Waals surface area (Å²) in [7, 11) is 0. The molecule has 0 spiro atoms. The fourth-order valence-electron chi connectivity index (χ4n) is 1.68. The first-order valence-electron chi connectivity index (χ1n) is 5.50. The van der Waals surface area contributed by atoms with E-state index in [0.29, 0.717) is 11.4 Å². The zero-order valence-corrected chi connectivity index (χ0v) is 11.8. The van der Waals surface area contributed by atoms with Crippen LogP contribution in [0.3, 0.4) is 0 Å². The Morgan fingerprint density at radius 2 is 2.38 bits per heavy atom. The Morgan fingerprint density at radius 1 is 1.56 bits per heavy atom. The van der Waals surface area contributed by atoms with E-state index in [9.17, 15) is 0 Å². The van der Waals surface area contributed by atoms with Gasteiger partial charge in [0.05, 0.1) is 6.10 Å². The Bertz CT molecular complexity index is 375. The first kappa shape index (κ1) is 12.3. The van der Waals surface area contributed by atoms with Crippen molar-refractivity contribution >= 4 is 27.7 Å². The zero-order chi connectivity index (χ0) is 11.5. The summed E-state index contributed by atoms with van der Waals surface area (Å²) in [4.78, 5) is 8.82. The monoisotopic (exact) mass is 302 g/mol. The number of aromatic nitrogens is 2. The first-order chi connectivity index (χ1) is 7.69. The van der Waals surface area contributed by atoms with Crippen molar-refractivity contribution in [3.05, 3.63) is 16.5 Å². The fourth-order valence-corrected chi connectivity index (χ4v) is 3.39. The molecule has 1 aliphatic rings. The molecule has 0 bridgehead atoms. The molecule has 0 radical (unpaired) electrons. The molecule has 1 saturated heterocycles. The third kappa shape index (κ3) is 2.96. The van der Waals surface area contributed by atoms with E-state index in [2.05, 4.69) is 39.7 Å². The van der Waals surface area contributed by atoms with Crippen molar-refractivity contribution in [3.63, 3.8) is 0 Å². The molecule has 88 valence electrons. The third-order valence-electron chi connectivity index (χ3n) is 2.61. The second-order valence-corrected chi connectivity index (χ2v) is 5.89. The number of nitrogens with zero attached hydrogens (tertiary/aromatic N) is 2. The number of hydrogen-bond acceptors (Lipinski definition) is 4. The Balaban J connectivity index is 2.11. The van der Waals surface area contributed by atoms with E-state index >= 15 is 0 Å². The first-order valence-corrected chi connectivity index (χ1v) is 7.18. The van der Waals surface area contributed by atoms with Crippen LogP contribution in [0, 0.1) is 0 Å². The van der Waals surface area contributed by atoms with E-state index in [1.807, 2.05) is 6.07 Å². The van der Waals surface area contributed by atoms with Gasteiger partial charge < -0.3 is 4.74 Å². The summed E-state index contributed by atoms with van der Waals surface area (Å²) in [6, 6.07) is 1.98. The Morgan fingerprint density at radius 3 is 3.00 bits per heavy atom. The van der Waals surface area contributed by atoms with Gasteiger partial charge in [-0.1, -0.05) is 6.92 Å². The van der Waals surface area contributed by atoms with Crippen LogP contribution in [0.15, 0.2) is 15.7 Å². The molecule has 2 heterocycles. The maximum atomic E-state index is 5.55. The van der Waals surface area contributed by atoms with Crippen LogP contribution in [0.1, 0.15) is 26.1 Å². The van der Waals surface area contributed by atoms with Crippen molar-refractivity contribution in [1.29, 1.82) is 0 Å². The molecular weight excluding hydrogens is 288 g/mol. The van der Waals surface area contributed by atoms with Gasteiger partial charge in [-0.2, -0.15) is 0 Å². The molecule has 2 atom stereocenters. The minimum atomic E-state index is 0.323. The van der Waals surface area contributed by atoms with E-state index in [1.165, 1.54) is 0 Å². The van der Waals surface area contributed by atoms with E-state index in [4.69, 9.17) is 4.74 Å².